The van der Waals surface area contributed by atoms with Gasteiger partial charge < -0.3 is 10.6 Å². The van der Waals surface area contributed by atoms with Gasteiger partial charge in [0.2, 0.25) is 5.95 Å². The Morgan fingerprint density at radius 1 is 1.00 bits per heavy atom. The monoisotopic (exact) mass is 396 g/mol. The quantitative estimate of drug-likeness (QED) is 0.548. The second kappa shape index (κ2) is 8.36. The van der Waals surface area contributed by atoms with Gasteiger partial charge in [0.1, 0.15) is 5.82 Å². The Bertz CT molecular complexity index is 990. The zero-order valence-corrected chi connectivity index (χ0v) is 18.2. The third-order valence-electron chi connectivity index (χ3n) is 5.17. The molecule has 0 unspecified atom stereocenters. The molecule has 2 aromatic carbocycles. The second-order valence-electron chi connectivity index (χ2n) is 7.46. The van der Waals surface area contributed by atoms with Gasteiger partial charge in [0.05, 0.1) is 5.52 Å². The van der Waals surface area contributed by atoms with E-state index in [1.54, 1.807) is 0 Å². The lowest BCUT2D eigenvalue weighted by Crippen LogP contribution is -2.25. The molecule has 3 rings (SSSR count). The third kappa shape index (κ3) is 3.93. The summed E-state index contributed by atoms with van der Waals surface area (Å²) in [6.45, 7) is 12.5. The zero-order valence-electron chi connectivity index (χ0n) is 17.4. The maximum absolute atomic E-state index is 6.57. The topological polar surface area (TPSA) is 55.0 Å². The fraction of sp³-hybridized carbons (Fsp3) is 0.391. The number of anilines is 2. The minimum atomic E-state index is 0.295. The van der Waals surface area contributed by atoms with Gasteiger partial charge in [0.25, 0.3) is 0 Å². The minimum Gasteiger partial charge on any atom is -0.368 e. The summed E-state index contributed by atoms with van der Waals surface area (Å²) in [5, 5.41) is 1.64. The molecule has 0 saturated heterocycles. The molecule has 0 saturated carbocycles. The number of hydrogen-bond acceptors (Lipinski definition) is 4. The number of benzene rings is 2. The molecule has 0 amide bonds. The summed E-state index contributed by atoms with van der Waals surface area (Å²) >= 11 is 6.57. The Morgan fingerprint density at radius 2 is 1.68 bits per heavy atom. The number of unbranched alkanes of at least 4 members (excludes halogenated alkanes) is 1. The van der Waals surface area contributed by atoms with Crippen molar-refractivity contribution in [2.45, 2.75) is 47.5 Å². The number of nitrogen functional groups attached to an aromatic ring is 1. The van der Waals surface area contributed by atoms with E-state index in [-0.39, 0.29) is 0 Å². The molecule has 1 heterocycles. The van der Waals surface area contributed by atoms with Crippen LogP contribution in [-0.4, -0.2) is 23.1 Å². The average Bonchev–Trinajstić information content (AvgIpc) is 2.62. The highest BCUT2D eigenvalue weighted by Crippen LogP contribution is 2.38. The number of nitrogens with zero attached hydrogens (tertiary/aromatic N) is 3. The molecule has 28 heavy (non-hydrogen) atoms. The average molecular weight is 397 g/mol. The van der Waals surface area contributed by atoms with Crippen molar-refractivity contribution in [3.63, 3.8) is 0 Å². The second-order valence-corrected chi connectivity index (χ2v) is 7.90. The standard InChI is InChI=1S/C23H29ClN4/c1-6-8-9-28(7-2)22-19-13-17(24)12-18(21(19)26-23(25)27-22)20-15(4)10-14(3)11-16(20)5/h10-13H,6-9H2,1-5H3,(H2,25,26,27). The molecule has 148 valence electrons. The summed E-state index contributed by atoms with van der Waals surface area (Å²) in [6.07, 6.45) is 2.23. The first-order valence-electron chi connectivity index (χ1n) is 9.95. The molecular formula is C23H29ClN4. The SMILES string of the molecule is CCCCN(CC)c1nc(N)nc2c(-c3c(C)cc(C)cc3C)cc(Cl)cc12. The summed E-state index contributed by atoms with van der Waals surface area (Å²) in [5.41, 5.74) is 12.8. The molecule has 0 spiro atoms. The Balaban J connectivity index is 2.33. The first-order chi connectivity index (χ1) is 13.3. The lowest BCUT2D eigenvalue weighted by Gasteiger charge is -2.24. The smallest absolute Gasteiger partial charge is 0.222 e. The molecular weight excluding hydrogens is 368 g/mol. The maximum Gasteiger partial charge on any atom is 0.222 e. The van der Waals surface area contributed by atoms with Crippen LogP contribution in [0.25, 0.3) is 22.0 Å². The number of nitrogens with two attached hydrogens (primary N) is 1. The molecule has 1 aromatic heterocycles. The van der Waals surface area contributed by atoms with Gasteiger partial charge in [-0.1, -0.05) is 42.6 Å². The summed E-state index contributed by atoms with van der Waals surface area (Å²) in [5.74, 6) is 1.16. The minimum absolute atomic E-state index is 0.295. The maximum atomic E-state index is 6.57. The summed E-state index contributed by atoms with van der Waals surface area (Å²) in [7, 11) is 0. The Labute approximate surface area is 172 Å². The van der Waals surface area contributed by atoms with Gasteiger partial charge in [-0.3, -0.25) is 0 Å². The Kier molecular flexibility index (Phi) is 6.09. The van der Waals surface area contributed by atoms with E-state index in [1.165, 1.54) is 22.3 Å². The molecule has 4 nitrogen and oxygen atoms in total. The van der Waals surface area contributed by atoms with E-state index in [0.717, 1.165) is 48.2 Å². The van der Waals surface area contributed by atoms with Gasteiger partial charge in [0, 0.05) is 29.1 Å². The number of fused-ring (bicyclic) bond motifs is 1. The van der Waals surface area contributed by atoms with Crippen molar-refractivity contribution < 1.29 is 0 Å². The van der Waals surface area contributed by atoms with Crippen LogP contribution >= 0.6 is 11.6 Å². The normalized spacial score (nSPS) is 11.2. The van der Waals surface area contributed by atoms with Gasteiger partial charge in [-0.25, -0.2) is 4.98 Å². The summed E-state index contributed by atoms with van der Waals surface area (Å²) < 4.78 is 0. The first kappa shape index (κ1) is 20.4. The molecule has 0 aliphatic heterocycles. The molecule has 0 atom stereocenters. The number of rotatable bonds is 6. The van der Waals surface area contributed by atoms with Gasteiger partial charge >= 0.3 is 0 Å². The van der Waals surface area contributed by atoms with E-state index in [9.17, 15) is 0 Å². The number of aryl methyl sites for hydroxylation is 3. The van der Waals surface area contributed by atoms with Crippen molar-refractivity contribution in [1.82, 2.24) is 9.97 Å². The predicted molar refractivity (Wildman–Crippen MR) is 121 cm³/mol. The molecule has 0 radical (unpaired) electrons. The van der Waals surface area contributed by atoms with Crippen LogP contribution in [0.4, 0.5) is 11.8 Å². The van der Waals surface area contributed by atoms with E-state index >= 15 is 0 Å². The van der Waals surface area contributed by atoms with Crippen molar-refractivity contribution in [2.75, 3.05) is 23.7 Å². The summed E-state index contributed by atoms with van der Waals surface area (Å²) in [6, 6.07) is 8.34. The lowest BCUT2D eigenvalue weighted by atomic mass is 9.92. The Hall–Kier alpha value is -2.33. The first-order valence-corrected chi connectivity index (χ1v) is 10.3. The highest BCUT2D eigenvalue weighted by molar-refractivity contribution is 6.32. The van der Waals surface area contributed by atoms with Gasteiger partial charge in [0.15, 0.2) is 0 Å². The van der Waals surface area contributed by atoms with Crippen LogP contribution in [0.3, 0.4) is 0 Å². The van der Waals surface area contributed by atoms with Crippen molar-refractivity contribution in [1.29, 1.82) is 0 Å². The molecule has 0 aliphatic rings. The van der Waals surface area contributed by atoms with Crippen molar-refractivity contribution in [3.05, 3.63) is 46.0 Å². The highest BCUT2D eigenvalue weighted by atomic mass is 35.5. The molecule has 0 aliphatic carbocycles. The largest absolute Gasteiger partial charge is 0.368 e. The molecule has 5 heteroatoms. The highest BCUT2D eigenvalue weighted by Gasteiger charge is 2.18. The summed E-state index contributed by atoms with van der Waals surface area (Å²) in [4.78, 5) is 11.5. The van der Waals surface area contributed by atoms with E-state index in [2.05, 4.69) is 61.6 Å². The predicted octanol–water partition coefficient (Wildman–Crippen LogP) is 6.08. The van der Waals surface area contributed by atoms with Crippen LogP contribution in [0, 0.1) is 20.8 Å². The van der Waals surface area contributed by atoms with Crippen molar-refractivity contribution in [3.8, 4) is 11.1 Å². The molecule has 0 fully saturated rings. The zero-order chi connectivity index (χ0) is 20.4. The van der Waals surface area contributed by atoms with E-state index in [4.69, 9.17) is 17.3 Å². The number of hydrogen-bond donors (Lipinski definition) is 1. The van der Waals surface area contributed by atoms with Crippen LogP contribution in [0.1, 0.15) is 43.4 Å². The van der Waals surface area contributed by atoms with E-state index in [1.807, 2.05) is 12.1 Å². The van der Waals surface area contributed by atoms with Crippen molar-refractivity contribution >= 4 is 34.3 Å². The fourth-order valence-corrected chi connectivity index (χ4v) is 4.22. The van der Waals surface area contributed by atoms with E-state index < -0.39 is 0 Å². The van der Waals surface area contributed by atoms with Crippen LogP contribution < -0.4 is 10.6 Å². The number of halogens is 1. The molecule has 0 bridgehead atoms. The van der Waals surface area contributed by atoms with Crippen LogP contribution in [0.15, 0.2) is 24.3 Å². The van der Waals surface area contributed by atoms with Crippen LogP contribution in [0.5, 0.6) is 0 Å². The Morgan fingerprint density at radius 3 is 2.29 bits per heavy atom. The van der Waals surface area contributed by atoms with Gasteiger partial charge in [-0.2, -0.15) is 4.98 Å². The van der Waals surface area contributed by atoms with Gasteiger partial charge in [-0.05, 0) is 62.9 Å². The lowest BCUT2D eigenvalue weighted by molar-refractivity contribution is 0.726. The van der Waals surface area contributed by atoms with Gasteiger partial charge in [-0.15, -0.1) is 0 Å². The molecule has 2 N–H and O–H groups in total. The van der Waals surface area contributed by atoms with E-state index in [0.29, 0.717) is 11.0 Å². The van der Waals surface area contributed by atoms with Crippen LogP contribution in [-0.2, 0) is 0 Å². The van der Waals surface area contributed by atoms with Crippen molar-refractivity contribution in [2.24, 2.45) is 0 Å². The fourth-order valence-electron chi connectivity index (χ4n) is 4.00. The van der Waals surface area contributed by atoms with Crippen LogP contribution in [0.2, 0.25) is 5.02 Å². The molecule has 3 aromatic rings. The third-order valence-corrected chi connectivity index (χ3v) is 5.39. The number of aromatic nitrogens is 2.